The average molecular weight is 552 g/mol. The number of piperidine rings is 2. The number of benzene rings is 2. The molecule has 1 spiro atoms. The summed E-state index contributed by atoms with van der Waals surface area (Å²) in [4.78, 5) is 48.1. The van der Waals surface area contributed by atoms with E-state index in [-0.39, 0.29) is 11.8 Å². The molecule has 3 heterocycles. The van der Waals surface area contributed by atoms with E-state index in [4.69, 9.17) is 17.3 Å². The van der Waals surface area contributed by atoms with Crippen LogP contribution in [-0.2, 0) is 20.8 Å². The molecule has 3 amide bonds. The molecule has 3 saturated heterocycles. The Morgan fingerprint density at radius 3 is 2.21 bits per heavy atom. The molecule has 2 aromatic carbocycles. The highest BCUT2D eigenvalue weighted by Gasteiger charge is 2.60. The van der Waals surface area contributed by atoms with Crippen molar-refractivity contribution in [2.45, 2.75) is 56.7 Å². The number of carbonyl (C=O) groups is 3. The molecule has 0 saturated carbocycles. The predicted molar refractivity (Wildman–Crippen MR) is 152 cm³/mol. The molecule has 3 aliphatic rings. The molecular weight excluding hydrogens is 514 g/mol. The molecule has 8 nitrogen and oxygen atoms in total. The monoisotopic (exact) mass is 551 g/mol. The number of para-hydroxylation sites is 1. The highest BCUT2D eigenvalue weighted by atomic mass is 35.5. The van der Waals surface area contributed by atoms with Crippen LogP contribution in [0.25, 0.3) is 0 Å². The zero-order valence-corrected chi connectivity index (χ0v) is 23.2. The van der Waals surface area contributed by atoms with E-state index in [9.17, 15) is 14.4 Å². The highest BCUT2D eigenvalue weighted by Crippen LogP contribution is 2.42. The van der Waals surface area contributed by atoms with Crippen LogP contribution in [0.15, 0.2) is 54.6 Å². The second-order valence-electron chi connectivity index (χ2n) is 10.9. The maximum Gasteiger partial charge on any atom is 0.261 e. The van der Waals surface area contributed by atoms with Gasteiger partial charge in [-0.15, -0.1) is 0 Å². The van der Waals surface area contributed by atoms with Gasteiger partial charge in [-0.05, 0) is 75.0 Å². The number of hydrogen-bond acceptors (Lipinski definition) is 5. The minimum Gasteiger partial charge on any atom is -0.366 e. The fraction of sp³-hybridized carbons (Fsp3) is 0.500. The quantitative estimate of drug-likeness (QED) is 0.544. The van der Waals surface area contributed by atoms with Crippen molar-refractivity contribution < 1.29 is 14.4 Å². The van der Waals surface area contributed by atoms with Crippen molar-refractivity contribution in [1.29, 1.82) is 0 Å². The van der Waals surface area contributed by atoms with Crippen molar-refractivity contribution in [2.24, 2.45) is 5.73 Å². The van der Waals surface area contributed by atoms with Crippen LogP contribution >= 0.6 is 11.6 Å². The summed E-state index contributed by atoms with van der Waals surface area (Å²) in [5, 5.41) is 0.676. The van der Waals surface area contributed by atoms with E-state index < -0.39 is 17.6 Å². The van der Waals surface area contributed by atoms with Crippen molar-refractivity contribution >= 4 is 35.0 Å². The van der Waals surface area contributed by atoms with Crippen molar-refractivity contribution in [2.75, 3.05) is 44.2 Å². The van der Waals surface area contributed by atoms with E-state index in [0.717, 1.165) is 43.7 Å². The van der Waals surface area contributed by atoms with Crippen LogP contribution in [0.2, 0.25) is 5.02 Å². The zero-order valence-electron chi connectivity index (χ0n) is 22.4. The van der Waals surface area contributed by atoms with E-state index in [1.165, 1.54) is 6.42 Å². The van der Waals surface area contributed by atoms with Crippen molar-refractivity contribution in [3.05, 3.63) is 65.2 Å². The van der Waals surface area contributed by atoms with Gasteiger partial charge in [-0.3, -0.25) is 14.4 Å². The lowest BCUT2D eigenvalue weighted by Gasteiger charge is -2.44. The number of hydrogen-bond donors (Lipinski definition) is 1. The smallest absolute Gasteiger partial charge is 0.261 e. The van der Waals surface area contributed by atoms with Crippen molar-refractivity contribution in [3.63, 3.8) is 0 Å². The van der Waals surface area contributed by atoms with E-state index in [2.05, 4.69) is 4.90 Å². The first-order valence-electron chi connectivity index (χ1n) is 14.1. The van der Waals surface area contributed by atoms with Gasteiger partial charge in [0.25, 0.3) is 11.8 Å². The van der Waals surface area contributed by atoms with Crippen LogP contribution in [0.3, 0.4) is 0 Å². The summed E-state index contributed by atoms with van der Waals surface area (Å²) in [5.41, 5.74) is 6.96. The molecule has 5 rings (SSSR count). The molecule has 3 aliphatic heterocycles. The molecular formula is C30H38ClN5O3. The fourth-order valence-electron chi connectivity index (χ4n) is 6.41. The summed E-state index contributed by atoms with van der Waals surface area (Å²) in [7, 11) is 0. The Labute approximate surface area is 235 Å². The zero-order chi connectivity index (χ0) is 27.4. The Morgan fingerprint density at radius 2 is 1.56 bits per heavy atom. The number of primary amides is 1. The third kappa shape index (κ3) is 5.77. The number of anilines is 1. The molecule has 1 atom stereocenters. The molecule has 0 bridgehead atoms. The van der Waals surface area contributed by atoms with Gasteiger partial charge >= 0.3 is 0 Å². The third-order valence-corrected chi connectivity index (χ3v) is 8.79. The SMILES string of the molecule is NC(=O)[C@H]1N(CCN2CCCCC2)C(=O)C2(CCN(C(=O)CCc3ccc(Cl)cc3)CC2)N1c1ccccc1. The lowest BCUT2D eigenvalue weighted by atomic mass is 9.85. The second-order valence-corrected chi connectivity index (χ2v) is 11.4. The predicted octanol–water partition coefficient (Wildman–Crippen LogP) is 3.28. The van der Waals surface area contributed by atoms with Gasteiger partial charge in [0.15, 0.2) is 6.17 Å². The average Bonchev–Trinajstić information content (AvgIpc) is 3.20. The number of nitrogens with two attached hydrogens (primary N) is 1. The Bertz CT molecular complexity index is 1160. The first-order valence-corrected chi connectivity index (χ1v) is 14.5. The van der Waals surface area contributed by atoms with Crippen LogP contribution in [0, 0.1) is 0 Å². The van der Waals surface area contributed by atoms with Crippen LogP contribution in [-0.4, -0.2) is 83.4 Å². The van der Waals surface area contributed by atoms with Crippen molar-refractivity contribution in [1.82, 2.24) is 14.7 Å². The fourth-order valence-corrected chi connectivity index (χ4v) is 6.54. The highest BCUT2D eigenvalue weighted by molar-refractivity contribution is 6.30. The maximum absolute atomic E-state index is 14.2. The van der Waals surface area contributed by atoms with Gasteiger partial charge in [0, 0.05) is 43.3 Å². The standard InChI is InChI=1S/C30H38ClN5O3/c31-24-12-9-23(10-13-24)11-14-26(37)34-19-15-30(16-20-34)29(39)35(22-21-33-17-5-2-6-18-33)28(27(32)38)36(30)25-7-3-1-4-8-25/h1,3-4,7-10,12-13,28H,2,5-6,11,14-22H2,(H2,32,38)/t28-/m0/s1. The van der Waals surface area contributed by atoms with Gasteiger partial charge in [0.05, 0.1) is 0 Å². The number of likely N-dealkylation sites (tertiary alicyclic amines) is 2. The van der Waals surface area contributed by atoms with E-state index >= 15 is 0 Å². The number of halogens is 1. The first-order chi connectivity index (χ1) is 18.9. The van der Waals surface area contributed by atoms with Crippen LogP contribution in [0.5, 0.6) is 0 Å². The molecule has 0 radical (unpaired) electrons. The summed E-state index contributed by atoms with van der Waals surface area (Å²) >= 11 is 5.98. The van der Waals surface area contributed by atoms with E-state index in [1.54, 1.807) is 4.90 Å². The van der Waals surface area contributed by atoms with Crippen LogP contribution in [0.4, 0.5) is 5.69 Å². The number of rotatable bonds is 8. The molecule has 39 heavy (non-hydrogen) atoms. The summed E-state index contributed by atoms with van der Waals surface area (Å²) in [6, 6.07) is 17.2. The van der Waals surface area contributed by atoms with Crippen LogP contribution in [0.1, 0.15) is 44.1 Å². The van der Waals surface area contributed by atoms with Crippen LogP contribution < -0.4 is 10.6 Å². The molecule has 0 unspecified atom stereocenters. The molecule has 2 N–H and O–H groups in total. The van der Waals surface area contributed by atoms with E-state index in [1.807, 2.05) is 64.4 Å². The summed E-state index contributed by atoms with van der Waals surface area (Å²) < 4.78 is 0. The minimum absolute atomic E-state index is 0.0552. The van der Waals surface area contributed by atoms with Gasteiger partial charge in [-0.1, -0.05) is 48.4 Å². The summed E-state index contributed by atoms with van der Waals surface area (Å²) in [6.45, 7) is 4.14. The number of carbonyl (C=O) groups excluding carboxylic acids is 3. The Morgan fingerprint density at radius 1 is 0.897 bits per heavy atom. The Balaban J connectivity index is 1.33. The third-order valence-electron chi connectivity index (χ3n) is 8.54. The first kappa shape index (κ1) is 27.5. The van der Waals surface area contributed by atoms with Gasteiger partial charge in [-0.25, -0.2) is 0 Å². The Hall–Kier alpha value is -3.10. The number of nitrogens with zero attached hydrogens (tertiary/aromatic N) is 4. The maximum atomic E-state index is 14.2. The summed E-state index contributed by atoms with van der Waals surface area (Å²) in [6.07, 6.45) is 4.66. The second kappa shape index (κ2) is 12.0. The molecule has 3 fully saturated rings. The van der Waals surface area contributed by atoms with Gasteiger partial charge in [-0.2, -0.15) is 0 Å². The molecule has 9 heteroatoms. The lowest BCUT2D eigenvalue weighted by molar-refractivity contribution is -0.140. The summed E-state index contributed by atoms with van der Waals surface area (Å²) in [5.74, 6) is -0.505. The number of amides is 3. The lowest BCUT2D eigenvalue weighted by Crippen LogP contribution is -2.59. The Kier molecular flexibility index (Phi) is 8.43. The number of aryl methyl sites for hydroxylation is 1. The van der Waals surface area contributed by atoms with Gasteiger partial charge in [0.1, 0.15) is 5.54 Å². The topological polar surface area (TPSA) is 90.2 Å². The molecule has 208 valence electrons. The van der Waals surface area contributed by atoms with Gasteiger partial charge < -0.3 is 25.3 Å². The minimum atomic E-state index is -0.907. The molecule has 2 aromatic rings. The van der Waals surface area contributed by atoms with Gasteiger partial charge in [0.2, 0.25) is 5.91 Å². The van der Waals surface area contributed by atoms with E-state index in [0.29, 0.717) is 50.3 Å². The van der Waals surface area contributed by atoms with Crippen molar-refractivity contribution in [3.8, 4) is 0 Å². The molecule has 0 aromatic heterocycles. The largest absolute Gasteiger partial charge is 0.366 e. The molecule has 0 aliphatic carbocycles. The normalized spacial score (nSPS) is 21.5.